The first-order chi connectivity index (χ1) is 14.2. The van der Waals surface area contributed by atoms with Crippen LogP contribution in [0.4, 0.5) is 0 Å². The van der Waals surface area contributed by atoms with Crippen LogP contribution in [0.5, 0.6) is 5.75 Å². The summed E-state index contributed by atoms with van der Waals surface area (Å²) in [5.74, 6) is 0.288. The van der Waals surface area contributed by atoms with Gasteiger partial charge >= 0.3 is 0 Å². The Morgan fingerprint density at radius 3 is 2.40 bits per heavy atom. The average molecular weight is 475 g/mol. The van der Waals surface area contributed by atoms with E-state index in [1.54, 1.807) is 11.8 Å². The van der Waals surface area contributed by atoms with Crippen LogP contribution < -0.4 is 10.1 Å². The maximum Gasteiger partial charge on any atom is 0.261 e. The van der Waals surface area contributed by atoms with Crippen molar-refractivity contribution in [1.82, 2.24) is 10.2 Å². The quantitative estimate of drug-likeness (QED) is 0.568. The number of nitrogens with zero attached hydrogens (tertiary/aromatic N) is 1. The second-order valence-corrected chi connectivity index (χ2v) is 8.54. The van der Waals surface area contributed by atoms with Crippen LogP contribution >= 0.6 is 15.9 Å². The number of nitrogens with one attached hydrogen (secondary N) is 1. The third kappa shape index (κ3) is 6.59. The monoisotopic (exact) mass is 474 g/mol. The van der Waals surface area contributed by atoms with Gasteiger partial charge in [-0.25, -0.2) is 0 Å². The fourth-order valence-corrected chi connectivity index (χ4v) is 3.20. The number of rotatable bonds is 9. The number of aryl methyl sites for hydroxylation is 1. The predicted molar refractivity (Wildman–Crippen MR) is 123 cm³/mol. The number of ether oxygens (including phenoxy) is 1. The van der Waals surface area contributed by atoms with Crippen molar-refractivity contribution in [2.75, 3.05) is 6.61 Å². The summed E-state index contributed by atoms with van der Waals surface area (Å²) in [5, 5.41) is 2.97. The Hall–Kier alpha value is -2.34. The Kier molecular flexibility index (Phi) is 8.90. The van der Waals surface area contributed by atoms with Gasteiger partial charge in [-0.1, -0.05) is 47.1 Å². The van der Waals surface area contributed by atoms with E-state index in [-0.39, 0.29) is 24.5 Å². The van der Waals surface area contributed by atoms with Crippen LogP contribution in [0.2, 0.25) is 0 Å². The minimum atomic E-state index is -0.614. The van der Waals surface area contributed by atoms with Crippen molar-refractivity contribution in [2.24, 2.45) is 0 Å². The summed E-state index contributed by atoms with van der Waals surface area (Å²) in [4.78, 5) is 27.4. The molecule has 0 heterocycles. The molecule has 0 aliphatic carbocycles. The molecule has 0 radical (unpaired) electrons. The van der Waals surface area contributed by atoms with Crippen LogP contribution in [0.1, 0.15) is 43.9 Å². The molecule has 2 rings (SSSR count). The van der Waals surface area contributed by atoms with Crippen LogP contribution in [-0.2, 0) is 16.1 Å². The molecule has 5 nitrogen and oxygen atoms in total. The van der Waals surface area contributed by atoms with Gasteiger partial charge in [0.2, 0.25) is 5.91 Å². The van der Waals surface area contributed by atoms with Crippen LogP contribution in [0.15, 0.2) is 46.9 Å². The van der Waals surface area contributed by atoms with Gasteiger partial charge in [0.05, 0.1) is 0 Å². The fraction of sp³-hybridized carbons (Fsp3) is 0.417. The number of hydrogen-bond donors (Lipinski definition) is 1. The topological polar surface area (TPSA) is 58.6 Å². The van der Waals surface area contributed by atoms with Gasteiger partial charge in [-0.05, 0) is 69.0 Å². The van der Waals surface area contributed by atoms with Crippen LogP contribution in [0.3, 0.4) is 0 Å². The third-order valence-electron chi connectivity index (χ3n) is 5.34. The van der Waals surface area contributed by atoms with E-state index in [2.05, 4.69) is 21.2 Å². The van der Waals surface area contributed by atoms with Crippen molar-refractivity contribution < 1.29 is 14.3 Å². The van der Waals surface area contributed by atoms with Crippen molar-refractivity contribution in [3.63, 3.8) is 0 Å². The largest absolute Gasteiger partial charge is 0.483 e. The zero-order valence-corrected chi connectivity index (χ0v) is 20.0. The minimum Gasteiger partial charge on any atom is -0.483 e. The van der Waals surface area contributed by atoms with Crippen molar-refractivity contribution in [3.05, 3.63) is 63.6 Å². The highest BCUT2D eigenvalue weighted by molar-refractivity contribution is 9.10. The molecule has 0 aromatic heterocycles. The summed E-state index contributed by atoms with van der Waals surface area (Å²) in [6, 6.07) is 12.9. The van der Waals surface area contributed by atoms with Gasteiger partial charge in [0.15, 0.2) is 6.61 Å². The summed E-state index contributed by atoms with van der Waals surface area (Å²) < 4.78 is 6.78. The zero-order chi connectivity index (χ0) is 22.3. The molecule has 2 unspecified atom stereocenters. The van der Waals surface area contributed by atoms with Crippen molar-refractivity contribution in [2.45, 2.75) is 59.7 Å². The number of amides is 2. The van der Waals surface area contributed by atoms with E-state index in [1.165, 1.54) is 0 Å². The Morgan fingerprint density at radius 1 is 1.10 bits per heavy atom. The molecular formula is C24H31BrN2O3. The molecule has 30 heavy (non-hydrogen) atoms. The molecule has 1 N–H and O–H groups in total. The highest BCUT2D eigenvalue weighted by Gasteiger charge is 2.27. The van der Waals surface area contributed by atoms with Gasteiger partial charge in [-0.2, -0.15) is 0 Å². The first-order valence-electron chi connectivity index (χ1n) is 10.3. The molecule has 0 bridgehead atoms. The summed E-state index contributed by atoms with van der Waals surface area (Å²) >= 11 is 3.43. The molecule has 0 saturated carbocycles. The molecular weight excluding hydrogens is 444 g/mol. The molecule has 0 aliphatic rings. The molecule has 2 amide bonds. The number of hydrogen-bond acceptors (Lipinski definition) is 3. The van der Waals surface area contributed by atoms with Gasteiger partial charge < -0.3 is 15.0 Å². The highest BCUT2D eigenvalue weighted by atomic mass is 79.9. The van der Waals surface area contributed by atoms with Crippen molar-refractivity contribution in [1.29, 1.82) is 0 Å². The maximum absolute atomic E-state index is 13.1. The van der Waals surface area contributed by atoms with E-state index in [1.807, 2.05) is 70.2 Å². The van der Waals surface area contributed by atoms with Crippen LogP contribution in [-0.4, -0.2) is 35.4 Å². The van der Waals surface area contributed by atoms with E-state index >= 15 is 0 Å². The van der Waals surface area contributed by atoms with Gasteiger partial charge in [0, 0.05) is 17.1 Å². The van der Waals surface area contributed by atoms with Crippen molar-refractivity contribution >= 4 is 27.7 Å². The zero-order valence-electron chi connectivity index (χ0n) is 18.4. The van der Waals surface area contributed by atoms with E-state index in [9.17, 15) is 9.59 Å². The molecule has 2 aromatic carbocycles. The standard InChI is InChI=1S/C24H31BrN2O3/c1-6-17(3)26-24(29)19(5)27(14-20-10-12-21(25)13-11-20)23(28)15-30-22-9-7-8-16(2)18(22)4/h7-13,17,19H,6,14-15H2,1-5H3,(H,26,29). The molecule has 6 heteroatoms. The molecule has 162 valence electrons. The lowest BCUT2D eigenvalue weighted by Crippen LogP contribution is -2.50. The lowest BCUT2D eigenvalue weighted by Gasteiger charge is -2.29. The molecule has 0 spiro atoms. The first kappa shape index (κ1) is 23.9. The van der Waals surface area contributed by atoms with E-state index in [0.29, 0.717) is 12.3 Å². The van der Waals surface area contributed by atoms with Gasteiger partial charge in [0.1, 0.15) is 11.8 Å². The van der Waals surface area contributed by atoms with Gasteiger partial charge in [-0.15, -0.1) is 0 Å². The molecule has 2 atom stereocenters. The second kappa shape index (κ2) is 11.2. The van der Waals surface area contributed by atoms with Crippen molar-refractivity contribution in [3.8, 4) is 5.75 Å². The lowest BCUT2D eigenvalue weighted by molar-refractivity contribution is -0.142. The highest BCUT2D eigenvalue weighted by Crippen LogP contribution is 2.21. The summed E-state index contributed by atoms with van der Waals surface area (Å²) in [6.45, 7) is 9.90. The third-order valence-corrected chi connectivity index (χ3v) is 5.87. The summed E-state index contributed by atoms with van der Waals surface area (Å²) in [6.07, 6.45) is 0.828. The Balaban J connectivity index is 2.17. The molecule has 0 saturated heterocycles. The molecule has 0 aliphatic heterocycles. The maximum atomic E-state index is 13.1. The number of carbonyl (C=O) groups is 2. The Bertz CT molecular complexity index is 867. The Labute approximate surface area is 187 Å². The first-order valence-corrected chi connectivity index (χ1v) is 11.1. The SMILES string of the molecule is CCC(C)NC(=O)C(C)N(Cc1ccc(Br)cc1)C(=O)COc1cccc(C)c1C. The second-order valence-electron chi connectivity index (χ2n) is 7.63. The van der Waals surface area contributed by atoms with Gasteiger partial charge in [0.25, 0.3) is 5.91 Å². The lowest BCUT2D eigenvalue weighted by atomic mass is 10.1. The normalized spacial score (nSPS) is 12.7. The molecule has 2 aromatic rings. The summed E-state index contributed by atoms with van der Waals surface area (Å²) in [5.41, 5.74) is 3.06. The van der Waals surface area contributed by atoms with E-state index in [4.69, 9.17) is 4.74 Å². The van der Waals surface area contributed by atoms with E-state index in [0.717, 1.165) is 27.6 Å². The fourth-order valence-electron chi connectivity index (χ4n) is 2.94. The molecule has 0 fully saturated rings. The predicted octanol–water partition coefficient (Wildman–Crippen LogP) is 4.78. The van der Waals surface area contributed by atoms with Gasteiger partial charge in [-0.3, -0.25) is 9.59 Å². The van der Waals surface area contributed by atoms with Crippen LogP contribution in [0, 0.1) is 13.8 Å². The Morgan fingerprint density at radius 2 is 1.77 bits per heavy atom. The average Bonchev–Trinajstić information content (AvgIpc) is 2.73. The summed E-state index contributed by atoms with van der Waals surface area (Å²) in [7, 11) is 0. The minimum absolute atomic E-state index is 0.0516. The number of carbonyl (C=O) groups excluding carboxylic acids is 2. The smallest absolute Gasteiger partial charge is 0.261 e. The van der Waals surface area contributed by atoms with E-state index < -0.39 is 6.04 Å². The van der Waals surface area contributed by atoms with Crippen LogP contribution in [0.25, 0.3) is 0 Å². The number of benzene rings is 2. The number of halogens is 1.